The van der Waals surface area contributed by atoms with Crippen LogP contribution < -0.4 is 0 Å². The number of hydrogen-bond donors (Lipinski definition) is 0. The van der Waals surface area contributed by atoms with Gasteiger partial charge in [0.15, 0.2) is 5.60 Å². The molecular weight excluding hydrogens is 272 g/mol. The SMILES string of the molecule is CC1=C(c2ccccc2)C2(OC1=O)C(C)=C2c1ccccc1. The lowest BCUT2D eigenvalue weighted by Crippen LogP contribution is -2.18. The van der Waals surface area contributed by atoms with Crippen molar-refractivity contribution in [1.82, 2.24) is 0 Å². The van der Waals surface area contributed by atoms with Crippen molar-refractivity contribution >= 4 is 17.1 Å². The molecule has 22 heavy (non-hydrogen) atoms. The average molecular weight is 288 g/mol. The molecule has 1 unspecified atom stereocenters. The summed E-state index contributed by atoms with van der Waals surface area (Å²) in [5.74, 6) is -0.218. The van der Waals surface area contributed by atoms with E-state index in [1.165, 1.54) is 0 Å². The van der Waals surface area contributed by atoms with Gasteiger partial charge in [-0.2, -0.15) is 0 Å². The topological polar surface area (TPSA) is 26.3 Å². The van der Waals surface area contributed by atoms with Gasteiger partial charge in [0.1, 0.15) is 0 Å². The van der Waals surface area contributed by atoms with Gasteiger partial charge in [-0.05, 0) is 30.5 Å². The van der Waals surface area contributed by atoms with Crippen molar-refractivity contribution in [2.75, 3.05) is 0 Å². The van der Waals surface area contributed by atoms with E-state index in [9.17, 15) is 4.79 Å². The molecule has 2 heteroatoms. The van der Waals surface area contributed by atoms with Crippen molar-refractivity contribution in [3.05, 3.63) is 82.9 Å². The fraction of sp³-hybridized carbons (Fsp3) is 0.150. The second-order valence-corrected chi connectivity index (χ2v) is 5.80. The summed E-state index contributed by atoms with van der Waals surface area (Å²) in [4.78, 5) is 12.2. The first kappa shape index (κ1) is 13.1. The summed E-state index contributed by atoms with van der Waals surface area (Å²) in [7, 11) is 0. The Morgan fingerprint density at radius 2 is 1.27 bits per heavy atom. The quantitative estimate of drug-likeness (QED) is 0.772. The smallest absolute Gasteiger partial charge is 0.335 e. The molecule has 1 aliphatic heterocycles. The standard InChI is InChI=1S/C20H16O2/c1-13-17(15-9-5-3-6-10-15)20(22-19(13)21)14(2)18(20)16-11-7-4-8-12-16/h3-12H,1-2H3. The van der Waals surface area contributed by atoms with Gasteiger partial charge in [0.2, 0.25) is 0 Å². The fourth-order valence-corrected chi connectivity index (χ4v) is 3.51. The summed E-state index contributed by atoms with van der Waals surface area (Å²) in [6, 6.07) is 20.2. The Morgan fingerprint density at radius 1 is 0.773 bits per heavy atom. The van der Waals surface area contributed by atoms with Gasteiger partial charge >= 0.3 is 5.97 Å². The summed E-state index contributed by atoms with van der Waals surface area (Å²) in [5.41, 5.74) is 5.47. The van der Waals surface area contributed by atoms with E-state index in [-0.39, 0.29) is 5.97 Å². The predicted octanol–water partition coefficient (Wildman–Crippen LogP) is 4.24. The normalized spacial score (nSPS) is 23.3. The van der Waals surface area contributed by atoms with Gasteiger partial charge in [0.05, 0.1) is 0 Å². The van der Waals surface area contributed by atoms with Crippen LogP contribution in [-0.4, -0.2) is 11.6 Å². The lowest BCUT2D eigenvalue weighted by Gasteiger charge is -2.18. The summed E-state index contributed by atoms with van der Waals surface area (Å²) in [5, 5.41) is 0. The van der Waals surface area contributed by atoms with Gasteiger partial charge in [-0.3, -0.25) is 0 Å². The highest BCUT2D eigenvalue weighted by atomic mass is 16.6. The number of benzene rings is 2. The molecule has 4 rings (SSSR count). The molecule has 0 saturated heterocycles. The Bertz CT molecular complexity index is 829. The first-order chi connectivity index (χ1) is 10.7. The van der Waals surface area contributed by atoms with E-state index in [2.05, 4.69) is 19.1 Å². The maximum absolute atomic E-state index is 12.2. The lowest BCUT2D eigenvalue weighted by atomic mass is 9.90. The summed E-state index contributed by atoms with van der Waals surface area (Å²) in [6.45, 7) is 3.91. The van der Waals surface area contributed by atoms with E-state index in [0.29, 0.717) is 5.57 Å². The van der Waals surface area contributed by atoms with Crippen LogP contribution in [-0.2, 0) is 9.53 Å². The van der Waals surface area contributed by atoms with Crippen molar-refractivity contribution in [3.8, 4) is 0 Å². The molecule has 2 aromatic rings. The second kappa shape index (κ2) is 4.44. The molecule has 1 heterocycles. The molecule has 2 aromatic carbocycles. The molecule has 2 nitrogen and oxygen atoms in total. The van der Waals surface area contributed by atoms with Gasteiger partial charge in [-0.15, -0.1) is 0 Å². The molecule has 2 aliphatic rings. The fourth-order valence-electron chi connectivity index (χ4n) is 3.51. The van der Waals surface area contributed by atoms with E-state index in [0.717, 1.165) is 27.8 Å². The molecule has 0 saturated carbocycles. The zero-order valence-corrected chi connectivity index (χ0v) is 12.6. The largest absolute Gasteiger partial charge is 0.441 e. The minimum absolute atomic E-state index is 0.218. The molecule has 0 bridgehead atoms. The number of ether oxygens (including phenoxy) is 1. The molecule has 0 radical (unpaired) electrons. The zero-order valence-electron chi connectivity index (χ0n) is 12.6. The number of esters is 1. The number of rotatable bonds is 2. The molecule has 0 amide bonds. The zero-order chi connectivity index (χ0) is 15.3. The van der Waals surface area contributed by atoms with E-state index < -0.39 is 5.60 Å². The third-order valence-corrected chi connectivity index (χ3v) is 4.60. The molecule has 108 valence electrons. The van der Waals surface area contributed by atoms with E-state index in [1.807, 2.05) is 55.5 Å². The maximum atomic E-state index is 12.2. The minimum Gasteiger partial charge on any atom is -0.441 e. The molecule has 1 aliphatic carbocycles. The van der Waals surface area contributed by atoms with Crippen molar-refractivity contribution in [1.29, 1.82) is 0 Å². The highest BCUT2D eigenvalue weighted by Gasteiger charge is 2.62. The Labute approximate surface area is 129 Å². The van der Waals surface area contributed by atoms with Gasteiger partial charge in [-0.25, -0.2) is 4.79 Å². The van der Waals surface area contributed by atoms with Gasteiger partial charge < -0.3 is 4.74 Å². The second-order valence-electron chi connectivity index (χ2n) is 5.80. The number of hydrogen-bond acceptors (Lipinski definition) is 2. The van der Waals surface area contributed by atoms with Crippen LogP contribution in [0.25, 0.3) is 11.1 Å². The minimum atomic E-state index is -0.649. The van der Waals surface area contributed by atoms with Crippen LogP contribution in [0.3, 0.4) is 0 Å². The molecule has 0 aromatic heterocycles. The van der Waals surface area contributed by atoms with Crippen LogP contribution in [0.1, 0.15) is 25.0 Å². The van der Waals surface area contributed by atoms with Crippen molar-refractivity contribution in [2.45, 2.75) is 19.4 Å². The predicted molar refractivity (Wildman–Crippen MR) is 86.9 cm³/mol. The van der Waals surface area contributed by atoms with Crippen LogP contribution in [0.2, 0.25) is 0 Å². The van der Waals surface area contributed by atoms with Gasteiger partial charge in [-0.1, -0.05) is 60.7 Å². The summed E-state index contributed by atoms with van der Waals surface area (Å²) in [6.07, 6.45) is 0. The Morgan fingerprint density at radius 3 is 1.82 bits per heavy atom. The van der Waals surface area contributed by atoms with Gasteiger partial charge in [0, 0.05) is 16.7 Å². The van der Waals surface area contributed by atoms with Crippen LogP contribution in [0.15, 0.2) is 71.8 Å². The third-order valence-electron chi connectivity index (χ3n) is 4.60. The average Bonchev–Trinajstić information content (AvgIpc) is 3.02. The molecule has 0 N–H and O–H groups in total. The van der Waals surface area contributed by atoms with Crippen LogP contribution >= 0.6 is 0 Å². The molecule has 1 atom stereocenters. The molecule has 1 spiro atoms. The maximum Gasteiger partial charge on any atom is 0.335 e. The summed E-state index contributed by atoms with van der Waals surface area (Å²) >= 11 is 0. The lowest BCUT2D eigenvalue weighted by molar-refractivity contribution is -0.139. The molecule has 0 fully saturated rings. The highest BCUT2D eigenvalue weighted by Crippen LogP contribution is 2.63. The van der Waals surface area contributed by atoms with E-state index in [1.54, 1.807) is 0 Å². The number of carbonyl (C=O) groups is 1. The monoisotopic (exact) mass is 288 g/mol. The van der Waals surface area contributed by atoms with Gasteiger partial charge in [0.25, 0.3) is 0 Å². The highest BCUT2D eigenvalue weighted by molar-refractivity contribution is 6.17. The van der Waals surface area contributed by atoms with Crippen molar-refractivity contribution in [3.63, 3.8) is 0 Å². The van der Waals surface area contributed by atoms with Crippen LogP contribution in [0.5, 0.6) is 0 Å². The Hall–Kier alpha value is -2.61. The summed E-state index contributed by atoms with van der Waals surface area (Å²) < 4.78 is 5.83. The first-order valence-electron chi connectivity index (χ1n) is 7.43. The Balaban J connectivity index is 1.86. The van der Waals surface area contributed by atoms with E-state index in [4.69, 9.17) is 4.74 Å². The van der Waals surface area contributed by atoms with E-state index >= 15 is 0 Å². The Kier molecular flexibility index (Phi) is 2.64. The van der Waals surface area contributed by atoms with Crippen molar-refractivity contribution < 1.29 is 9.53 Å². The molecular formula is C20H16O2. The van der Waals surface area contributed by atoms with Crippen molar-refractivity contribution in [2.24, 2.45) is 0 Å². The van der Waals surface area contributed by atoms with Crippen LogP contribution in [0.4, 0.5) is 0 Å². The van der Waals surface area contributed by atoms with Crippen LogP contribution in [0, 0.1) is 0 Å². The third kappa shape index (κ3) is 1.58. The first-order valence-corrected chi connectivity index (χ1v) is 7.43. The number of carbonyl (C=O) groups excluding carboxylic acids is 1.